The number of nitrogens with one attached hydrogen (secondary N) is 1. The third-order valence-electron chi connectivity index (χ3n) is 3.62. The Morgan fingerprint density at radius 3 is 2.68 bits per heavy atom. The topological polar surface area (TPSA) is 107 Å². The lowest BCUT2D eigenvalue weighted by atomic mass is 10.2. The molecule has 3 aromatic heterocycles. The Labute approximate surface area is 155 Å². The number of carbonyl (C=O) groups excluding carboxylic acids is 1. The van der Waals surface area contributed by atoms with Crippen molar-refractivity contribution in [3.05, 3.63) is 30.5 Å². The van der Waals surface area contributed by atoms with Crippen LogP contribution in [-0.4, -0.2) is 37.5 Å². The zero-order chi connectivity index (χ0) is 20.6. The van der Waals surface area contributed by atoms with Crippen molar-refractivity contribution >= 4 is 23.2 Å². The molecule has 0 aromatic carbocycles. The second kappa shape index (κ2) is 6.94. The van der Waals surface area contributed by atoms with Crippen LogP contribution in [0.2, 0.25) is 0 Å². The largest absolute Gasteiger partial charge is 0.462 e. The highest BCUT2D eigenvalue weighted by molar-refractivity contribution is 5.87. The Hall–Kier alpha value is -3.44. The number of hydrogen-bond donors (Lipinski definition) is 2. The Bertz CT molecular complexity index is 1050. The zero-order valence-corrected chi connectivity index (χ0v) is 14.6. The highest BCUT2D eigenvalue weighted by Gasteiger charge is 2.38. The third-order valence-corrected chi connectivity index (χ3v) is 3.62. The minimum absolute atomic E-state index is 0.0363. The van der Waals surface area contributed by atoms with Gasteiger partial charge in [-0.05, 0) is 13.0 Å². The first-order valence-corrected chi connectivity index (χ1v) is 7.86. The molecule has 148 valence electrons. The maximum atomic E-state index is 14.4. The van der Waals surface area contributed by atoms with Gasteiger partial charge < -0.3 is 20.2 Å². The molecule has 0 saturated carbocycles. The SMILES string of the molecule is CC(=O)Nc1cn2cc(-c3cnc(N)c(O[C@H](C)C(F)(F)F)n3)cc(F)c2n1. The molecule has 1 amide bonds. The lowest BCUT2D eigenvalue weighted by Crippen LogP contribution is -2.31. The molecule has 1 atom stereocenters. The minimum Gasteiger partial charge on any atom is -0.462 e. The summed E-state index contributed by atoms with van der Waals surface area (Å²) in [7, 11) is 0. The monoisotopic (exact) mass is 398 g/mol. The molecule has 28 heavy (non-hydrogen) atoms. The van der Waals surface area contributed by atoms with Crippen LogP contribution in [0.15, 0.2) is 24.7 Å². The van der Waals surface area contributed by atoms with Crippen LogP contribution in [0.4, 0.5) is 29.2 Å². The van der Waals surface area contributed by atoms with Crippen LogP contribution in [0, 0.1) is 5.82 Å². The highest BCUT2D eigenvalue weighted by Crippen LogP contribution is 2.29. The molecule has 0 radical (unpaired) electrons. The standard InChI is InChI=1S/C16H14F4N6O2/c1-7(16(18,19)20)28-15-13(21)22-4-11(24-15)9-3-10(17)14-25-12(23-8(2)27)6-26(14)5-9/h3-7H,1-2H3,(H2,21,22)(H,23,27)/t7-/m1/s1. The number of imidazole rings is 1. The van der Waals surface area contributed by atoms with Gasteiger partial charge in [-0.1, -0.05) is 0 Å². The lowest BCUT2D eigenvalue weighted by Gasteiger charge is -2.17. The molecular weight excluding hydrogens is 384 g/mol. The predicted octanol–water partition coefficient (Wildman–Crippen LogP) is 2.80. The smallest absolute Gasteiger partial charge is 0.425 e. The fraction of sp³-hybridized carbons (Fsp3) is 0.250. The summed E-state index contributed by atoms with van der Waals surface area (Å²) >= 11 is 0. The number of aromatic nitrogens is 4. The molecule has 3 N–H and O–H groups in total. The van der Waals surface area contributed by atoms with Gasteiger partial charge in [0.1, 0.15) is 0 Å². The number of halogens is 4. The molecule has 0 saturated heterocycles. The predicted molar refractivity (Wildman–Crippen MR) is 91.0 cm³/mol. The van der Waals surface area contributed by atoms with Gasteiger partial charge in [-0.3, -0.25) is 4.79 Å². The number of anilines is 2. The van der Waals surface area contributed by atoms with Crippen LogP contribution >= 0.6 is 0 Å². The number of alkyl halides is 3. The van der Waals surface area contributed by atoms with Crippen molar-refractivity contribution in [2.45, 2.75) is 26.1 Å². The third kappa shape index (κ3) is 3.94. The van der Waals surface area contributed by atoms with Gasteiger partial charge in [0.2, 0.25) is 5.91 Å². The summed E-state index contributed by atoms with van der Waals surface area (Å²) in [6.07, 6.45) is -2.81. The summed E-state index contributed by atoms with van der Waals surface area (Å²) in [6, 6.07) is 1.08. The Balaban J connectivity index is 2.00. The van der Waals surface area contributed by atoms with Crippen molar-refractivity contribution in [2.75, 3.05) is 11.1 Å². The number of pyridine rings is 1. The van der Waals surface area contributed by atoms with Crippen molar-refractivity contribution in [3.8, 4) is 17.1 Å². The van der Waals surface area contributed by atoms with E-state index in [0.29, 0.717) is 0 Å². The van der Waals surface area contributed by atoms with E-state index in [1.54, 1.807) is 0 Å². The summed E-state index contributed by atoms with van der Waals surface area (Å²) in [5.74, 6) is -1.84. The first-order valence-electron chi connectivity index (χ1n) is 7.86. The molecule has 0 spiro atoms. The van der Waals surface area contributed by atoms with E-state index in [-0.39, 0.29) is 34.4 Å². The summed E-state index contributed by atoms with van der Waals surface area (Å²) in [4.78, 5) is 22.7. The van der Waals surface area contributed by atoms with E-state index >= 15 is 0 Å². The summed E-state index contributed by atoms with van der Waals surface area (Å²) < 4.78 is 58.6. The molecule has 3 aromatic rings. The average Bonchev–Trinajstić information content (AvgIpc) is 2.98. The van der Waals surface area contributed by atoms with Crippen LogP contribution < -0.4 is 15.8 Å². The van der Waals surface area contributed by atoms with Gasteiger partial charge in [0.15, 0.2) is 29.2 Å². The van der Waals surface area contributed by atoms with Crippen LogP contribution in [0.25, 0.3) is 16.9 Å². The van der Waals surface area contributed by atoms with Gasteiger partial charge in [0, 0.05) is 18.7 Å². The normalized spacial score (nSPS) is 12.8. The number of fused-ring (bicyclic) bond motifs is 1. The molecular formula is C16H14F4N6O2. The fourth-order valence-electron chi connectivity index (χ4n) is 2.28. The van der Waals surface area contributed by atoms with Crippen LogP contribution in [-0.2, 0) is 4.79 Å². The minimum atomic E-state index is -4.62. The number of nitrogen functional groups attached to an aromatic ring is 1. The Morgan fingerprint density at radius 1 is 1.32 bits per heavy atom. The van der Waals surface area contributed by atoms with E-state index in [1.165, 1.54) is 29.9 Å². The summed E-state index contributed by atoms with van der Waals surface area (Å²) in [5.41, 5.74) is 5.70. The van der Waals surface area contributed by atoms with Gasteiger partial charge in [0.05, 0.1) is 18.1 Å². The quantitative estimate of drug-likeness (QED) is 0.655. The van der Waals surface area contributed by atoms with Gasteiger partial charge in [-0.2, -0.15) is 13.2 Å². The van der Waals surface area contributed by atoms with E-state index in [1.807, 2.05) is 0 Å². The first-order chi connectivity index (χ1) is 13.0. The Kier molecular flexibility index (Phi) is 4.79. The van der Waals surface area contributed by atoms with Gasteiger partial charge >= 0.3 is 6.18 Å². The molecule has 12 heteroatoms. The number of carbonyl (C=O) groups is 1. The van der Waals surface area contributed by atoms with Gasteiger partial charge in [-0.15, -0.1) is 0 Å². The maximum absolute atomic E-state index is 14.4. The number of hydrogen-bond acceptors (Lipinski definition) is 6. The second-order valence-electron chi connectivity index (χ2n) is 5.86. The molecule has 0 unspecified atom stereocenters. The van der Waals surface area contributed by atoms with Crippen molar-refractivity contribution in [1.82, 2.24) is 19.4 Å². The van der Waals surface area contributed by atoms with Gasteiger partial charge in [-0.25, -0.2) is 19.3 Å². The molecule has 3 rings (SSSR count). The molecule has 0 bridgehead atoms. The number of nitrogens with zero attached hydrogens (tertiary/aromatic N) is 4. The second-order valence-corrected chi connectivity index (χ2v) is 5.86. The number of nitrogens with two attached hydrogens (primary N) is 1. The zero-order valence-electron chi connectivity index (χ0n) is 14.6. The van der Waals surface area contributed by atoms with Crippen LogP contribution in [0.5, 0.6) is 5.88 Å². The molecule has 0 aliphatic carbocycles. The van der Waals surface area contributed by atoms with E-state index < -0.39 is 24.0 Å². The number of amides is 1. The van der Waals surface area contributed by atoms with E-state index in [4.69, 9.17) is 10.5 Å². The van der Waals surface area contributed by atoms with Crippen LogP contribution in [0.1, 0.15) is 13.8 Å². The molecule has 0 aliphatic heterocycles. The average molecular weight is 398 g/mol. The fourth-order valence-corrected chi connectivity index (χ4v) is 2.28. The van der Waals surface area contributed by atoms with Crippen molar-refractivity contribution < 1.29 is 27.1 Å². The molecule has 3 heterocycles. The van der Waals surface area contributed by atoms with E-state index in [9.17, 15) is 22.4 Å². The first kappa shape index (κ1) is 19.3. The molecule has 0 aliphatic rings. The van der Waals surface area contributed by atoms with E-state index in [2.05, 4.69) is 20.3 Å². The molecule has 8 nitrogen and oxygen atoms in total. The summed E-state index contributed by atoms with van der Waals surface area (Å²) in [5, 5.41) is 2.42. The van der Waals surface area contributed by atoms with Crippen molar-refractivity contribution in [2.24, 2.45) is 0 Å². The number of rotatable bonds is 4. The van der Waals surface area contributed by atoms with Crippen molar-refractivity contribution in [3.63, 3.8) is 0 Å². The Morgan fingerprint density at radius 2 is 2.04 bits per heavy atom. The highest BCUT2D eigenvalue weighted by atomic mass is 19.4. The molecule has 0 fully saturated rings. The summed E-state index contributed by atoms with van der Waals surface area (Å²) in [6.45, 7) is 2.08. The lowest BCUT2D eigenvalue weighted by molar-refractivity contribution is -0.189. The van der Waals surface area contributed by atoms with E-state index in [0.717, 1.165) is 13.0 Å². The maximum Gasteiger partial charge on any atom is 0.425 e. The van der Waals surface area contributed by atoms with Crippen LogP contribution in [0.3, 0.4) is 0 Å². The van der Waals surface area contributed by atoms with Crippen molar-refractivity contribution in [1.29, 1.82) is 0 Å². The van der Waals surface area contributed by atoms with Gasteiger partial charge in [0.25, 0.3) is 5.88 Å². The number of ether oxygens (including phenoxy) is 1.